The van der Waals surface area contributed by atoms with E-state index in [0.29, 0.717) is 32.1 Å². The predicted molar refractivity (Wildman–Crippen MR) is 90.3 cm³/mol. The molecule has 0 saturated carbocycles. The van der Waals surface area contributed by atoms with Crippen LogP contribution in [0.3, 0.4) is 0 Å². The van der Waals surface area contributed by atoms with Gasteiger partial charge in [0, 0.05) is 0 Å². The van der Waals surface area contributed by atoms with Crippen LogP contribution in [0, 0.1) is 0 Å². The second-order valence-corrected chi connectivity index (χ2v) is 6.18. The van der Waals surface area contributed by atoms with Gasteiger partial charge in [0.1, 0.15) is 0 Å². The molecule has 0 aliphatic rings. The van der Waals surface area contributed by atoms with E-state index in [2.05, 4.69) is 25.3 Å². The summed E-state index contributed by atoms with van der Waals surface area (Å²) in [6.07, 6.45) is 1.38. The fraction of sp³-hybridized carbons (Fsp3) is 0.0769. The molecule has 0 radical (unpaired) electrons. The molecule has 2 heterocycles. The molecule has 0 spiro atoms. The third-order valence-corrected chi connectivity index (χ3v) is 4.34. The Labute approximate surface area is 143 Å². The summed E-state index contributed by atoms with van der Waals surface area (Å²) >= 11 is 13.0. The van der Waals surface area contributed by atoms with Crippen molar-refractivity contribution in [2.45, 2.75) is 5.16 Å². The second-order valence-electron chi connectivity index (χ2n) is 4.41. The zero-order chi connectivity index (χ0) is 16.4. The summed E-state index contributed by atoms with van der Waals surface area (Å²) in [5.74, 6) is -0.296. The standard InChI is InChI=1S/C13H9Cl2N5O2S/c14-6-2-1-3-7(15)9(6)18-8(21)4-23-13-19-11-10(12(22)20-13)16-5-17-11/h1-3,5H,4H2,(H,18,21)(H2,16,17,19,20,22). The minimum absolute atomic E-state index is 0.0282. The first-order valence-corrected chi connectivity index (χ1v) is 8.09. The summed E-state index contributed by atoms with van der Waals surface area (Å²) in [7, 11) is 0. The van der Waals surface area contributed by atoms with Crippen LogP contribution in [0.1, 0.15) is 0 Å². The Morgan fingerprint density at radius 2 is 2.04 bits per heavy atom. The van der Waals surface area contributed by atoms with Gasteiger partial charge in [0.2, 0.25) is 5.91 Å². The maximum absolute atomic E-state index is 12.0. The van der Waals surface area contributed by atoms with Crippen molar-refractivity contribution in [3.8, 4) is 0 Å². The fourth-order valence-corrected chi connectivity index (χ4v) is 2.97. The molecule has 1 amide bonds. The van der Waals surface area contributed by atoms with E-state index in [1.807, 2.05) is 0 Å². The van der Waals surface area contributed by atoms with Crippen molar-refractivity contribution in [2.24, 2.45) is 0 Å². The number of nitrogens with one attached hydrogen (secondary N) is 3. The molecule has 3 N–H and O–H groups in total. The van der Waals surface area contributed by atoms with Crippen LogP contribution in [0.25, 0.3) is 11.2 Å². The maximum Gasteiger partial charge on any atom is 0.277 e. The Kier molecular flexibility index (Phi) is 4.56. The van der Waals surface area contributed by atoms with Crippen molar-refractivity contribution in [1.29, 1.82) is 0 Å². The summed E-state index contributed by atoms with van der Waals surface area (Å²) in [6.45, 7) is 0. The summed E-state index contributed by atoms with van der Waals surface area (Å²) in [5, 5.41) is 3.63. The first kappa shape index (κ1) is 15.9. The van der Waals surface area contributed by atoms with E-state index >= 15 is 0 Å². The number of H-pyrrole nitrogens is 2. The van der Waals surface area contributed by atoms with Crippen LogP contribution in [0.2, 0.25) is 10.0 Å². The first-order valence-electron chi connectivity index (χ1n) is 6.34. The number of fused-ring (bicyclic) bond motifs is 1. The Bertz CT molecular complexity index is 919. The number of halogens is 2. The summed E-state index contributed by atoms with van der Waals surface area (Å²) < 4.78 is 0. The Morgan fingerprint density at radius 3 is 2.78 bits per heavy atom. The number of carbonyl (C=O) groups excluding carboxylic acids is 1. The summed E-state index contributed by atoms with van der Waals surface area (Å²) in [4.78, 5) is 37.1. The number of anilines is 1. The van der Waals surface area contributed by atoms with Gasteiger partial charge in [-0.05, 0) is 12.1 Å². The lowest BCUT2D eigenvalue weighted by molar-refractivity contribution is -0.113. The van der Waals surface area contributed by atoms with Crippen LogP contribution in [0.4, 0.5) is 5.69 Å². The van der Waals surface area contributed by atoms with Gasteiger partial charge < -0.3 is 10.3 Å². The van der Waals surface area contributed by atoms with Gasteiger partial charge >= 0.3 is 0 Å². The van der Waals surface area contributed by atoms with Gasteiger partial charge in [-0.25, -0.2) is 9.97 Å². The first-order chi connectivity index (χ1) is 11.0. The number of aromatic amines is 2. The highest BCUT2D eigenvalue weighted by molar-refractivity contribution is 7.99. The maximum atomic E-state index is 12.0. The number of amides is 1. The molecule has 7 nitrogen and oxygen atoms in total. The van der Waals surface area contributed by atoms with Crippen molar-refractivity contribution in [3.05, 3.63) is 44.9 Å². The van der Waals surface area contributed by atoms with Gasteiger partial charge in [0.05, 0.1) is 27.8 Å². The zero-order valence-electron chi connectivity index (χ0n) is 11.4. The lowest BCUT2D eigenvalue weighted by Crippen LogP contribution is -2.16. The second kappa shape index (κ2) is 6.61. The Balaban J connectivity index is 1.69. The zero-order valence-corrected chi connectivity index (χ0v) is 13.7. The van der Waals surface area contributed by atoms with Gasteiger partial charge in [0.25, 0.3) is 5.56 Å². The molecule has 3 rings (SSSR count). The molecule has 0 atom stereocenters. The lowest BCUT2D eigenvalue weighted by Gasteiger charge is -2.08. The highest BCUT2D eigenvalue weighted by atomic mass is 35.5. The molecule has 1 aromatic carbocycles. The van der Waals surface area contributed by atoms with Crippen LogP contribution in [-0.2, 0) is 4.79 Å². The number of imidazole rings is 1. The van der Waals surface area contributed by atoms with E-state index in [-0.39, 0.29) is 17.2 Å². The van der Waals surface area contributed by atoms with Crippen molar-refractivity contribution in [3.63, 3.8) is 0 Å². The molecule has 0 aliphatic carbocycles. The molecule has 0 unspecified atom stereocenters. The molecule has 0 aliphatic heterocycles. The van der Waals surface area contributed by atoms with Crippen LogP contribution in [0.15, 0.2) is 34.5 Å². The quantitative estimate of drug-likeness (QED) is 0.484. The minimum Gasteiger partial charge on any atom is -0.339 e. The van der Waals surface area contributed by atoms with Gasteiger partial charge in [-0.1, -0.05) is 41.0 Å². The van der Waals surface area contributed by atoms with Crippen LogP contribution in [-0.4, -0.2) is 31.6 Å². The largest absolute Gasteiger partial charge is 0.339 e. The molecule has 0 bridgehead atoms. The molecule has 0 fully saturated rings. The van der Waals surface area contributed by atoms with Crippen LogP contribution in [0.5, 0.6) is 0 Å². The normalized spacial score (nSPS) is 10.9. The summed E-state index contributed by atoms with van der Waals surface area (Å²) in [5.41, 5.74) is 0.600. The van der Waals surface area contributed by atoms with Crippen molar-refractivity contribution >= 4 is 57.7 Å². The third kappa shape index (κ3) is 3.49. The summed E-state index contributed by atoms with van der Waals surface area (Å²) in [6, 6.07) is 4.93. The lowest BCUT2D eigenvalue weighted by atomic mass is 10.3. The van der Waals surface area contributed by atoms with Crippen LogP contribution >= 0.6 is 35.0 Å². The highest BCUT2D eigenvalue weighted by Crippen LogP contribution is 2.30. The van der Waals surface area contributed by atoms with E-state index in [1.54, 1.807) is 18.2 Å². The number of carbonyl (C=O) groups is 1. The third-order valence-electron chi connectivity index (χ3n) is 2.84. The number of nitrogens with zero attached hydrogens (tertiary/aromatic N) is 2. The molecule has 3 aromatic rings. The molecular formula is C13H9Cl2N5O2S. The molecule has 118 valence electrons. The van der Waals surface area contributed by atoms with Gasteiger partial charge in [0.15, 0.2) is 16.3 Å². The number of thioether (sulfide) groups is 1. The average Bonchev–Trinajstić information content (AvgIpc) is 2.98. The molecule has 2 aromatic heterocycles. The minimum atomic E-state index is -0.343. The topological polar surface area (TPSA) is 104 Å². The number of para-hydroxylation sites is 1. The van der Waals surface area contributed by atoms with Crippen LogP contribution < -0.4 is 10.9 Å². The molecule has 0 saturated heterocycles. The van der Waals surface area contributed by atoms with E-state index in [1.165, 1.54) is 6.33 Å². The number of hydrogen-bond acceptors (Lipinski definition) is 5. The predicted octanol–water partition coefficient (Wildman–Crippen LogP) is 2.68. The Hall–Kier alpha value is -2.03. The SMILES string of the molecule is O=C(CSc1nc2nc[nH]c2c(=O)[nH]1)Nc1c(Cl)cccc1Cl. The number of hydrogen-bond donors (Lipinski definition) is 3. The van der Waals surface area contributed by atoms with Crippen molar-refractivity contribution in [1.82, 2.24) is 19.9 Å². The van der Waals surface area contributed by atoms with E-state index < -0.39 is 0 Å². The number of aromatic nitrogens is 4. The fourth-order valence-electron chi connectivity index (χ4n) is 1.82. The molecule has 10 heteroatoms. The monoisotopic (exact) mass is 369 g/mol. The van der Waals surface area contributed by atoms with Gasteiger partial charge in [-0.2, -0.15) is 0 Å². The van der Waals surface area contributed by atoms with Crippen molar-refractivity contribution in [2.75, 3.05) is 11.1 Å². The van der Waals surface area contributed by atoms with E-state index in [9.17, 15) is 9.59 Å². The molecule has 23 heavy (non-hydrogen) atoms. The smallest absolute Gasteiger partial charge is 0.277 e. The highest BCUT2D eigenvalue weighted by Gasteiger charge is 2.12. The number of rotatable bonds is 4. The van der Waals surface area contributed by atoms with E-state index in [0.717, 1.165) is 11.8 Å². The van der Waals surface area contributed by atoms with Gasteiger partial charge in [-0.3, -0.25) is 14.6 Å². The van der Waals surface area contributed by atoms with E-state index in [4.69, 9.17) is 23.2 Å². The molecular weight excluding hydrogens is 361 g/mol. The van der Waals surface area contributed by atoms with Gasteiger partial charge in [-0.15, -0.1) is 0 Å². The average molecular weight is 370 g/mol. The Morgan fingerprint density at radius 1 is 1.30 bits per heavy atom. The van der Waals surface area contributed by atoms with Crippen molar-refractivity contribution < 1.29 is 4.79 Å². The number of benzene rings is 1.